The van der Waals surface area contributed by atoms with Crippen LogP contribution in [0.1, 0.15) is 37.8 Å². The van der Waals surface area contributed by atoms with Crippen molar-refractivity contribution in [2.45, 2.75) is 39.3 Å². The van der Waals surface area contributed by atoms with Gasteiger partial charge in [-0.25, -0.2) is 4.39 Å². The molecule has 2 aromatic carbocycles. The molecule has 1 unspecified atom stereocenters. The first-order valence-electron chi connectivity index (χ1n) is 7.92. The van der Waals surface area contributed by atoms with Crippen molar-refractivity contribution < 1.29 is 9.18 Å². The summed E-state index contributed by atoms with van der Waals surface area (Å²) in [6.45, 7) is 6.59. The van der Waals surface area contributed by atoms with E-state index in [1.54, 1.807) is 17.9 Å². The van der Waals surface area contributed by atoms with Crippen LogP contribution in [0, 0.1) is 5.82 Å². The van der Waals surface area contributed by atoms with Gasteiger partial charge in [-0.05, 0) is 42.2 Å². The fourth-order valence-corrected chi connectivity index (χ4v) is 2.86. The smallest absolute Gasteiger partial charge is 0.249 e. The third kappa shape index (κ3) is 3.07. The molecule has 0 saturated carbocycles. The van der Waals surface area contributed by atoms with Gasteiger partial charge in [-0.2, -0.15) is 0 Å². The Morgan fingerprint density at radius 1 is 1.17 bits per heavy atom. The molecule has 1 aliphatic rings. The lowest BCUT2D eigenvalue weighted by molar-refractivity contribution is -0.119. The second kappa shape index (κ2) is 6.03. The van der Waals surface area contributed by atoms with Gasteiger partial charge >= 0.3 is 0 Å². The molecular formula is C19H21FN2O. The van der Waals surface area contributed by atoms with Crippen molar-refractivity contribution in [1.82, 2.24) is 0 Å². The Balaban J connectivity index is 1.91. The summed E-state index contributed by atoms with van der Waals surface area (Å²) >= 11 is 0. The molecule has 0 aromatic heterocycles. The molecule has 0 radical (unpaired) electrons. The van der Waals surface area contributed by atoms with Gasteiger partial charge in [-0.3, -0.25) is 4.79 Å². The maximum Gasteiger partial charge on any atom is 0.249 e. The normalized spacial score (nSPS) is 17.2. The van der Waals surface area contributed by atoms with Gasteiger partial charge in [0, 0.05) is 0 Å². The monoisotopic (exact) mass is 312 g/mol. The number of fused-ring (bicyclic) bond motifs is 1. The Morgan fingerprint density at radius 2 is 1.87 bits per heavy atom. The van der Waals surface area contributed by atoms with Crippen molar-refractivity contribution in [3.63, 3.8) is 0 Å². The molecular weight excluding hydrogens is 291 g/mol. The number of nitrogens with one attached hydrogen (secondary N) is 1. The average Bonchev–Trinajstić information content (AvgIpc) is 2.52. The molecule has 0 fully saturated rings. The van der Waals surface area contributed by atoms with Crippen LogP contribution in [0.4, 0.5) is 15.8 Å². The highest BCUT2D eigenvalue weighted by atomic mass is 19.1. The van der Waals surface area contributed by atoms with E-state index in [4.69, 9.17) is 0 Å². The number of carbonyl (C=O) groups excluding carboxylic acids is 1. The maximum atomic E-state index is 13.4. The quantitative estimate of drug-likeness (QED) is 0.916. The van der Waals surface area contributed by atoms with E-state index in [9.17, 15) is 9.18 Å². The molecule has 120 valence electrons. The van der Waals surface area contributed by atoms with Crippen LogP contribution in [0.3, 0.4) is 0 Å². The van der Waals surface area contributed by atoms with Crippen molar-refractivity contribution in [2.75, 3.05) is 10.2 Å². The van der Waals surface area contributed by atoms with E-state index in [0.717, 1.165) is 11.3 Å². The zero-order valence-corrected chi connectivity index (χ0v) is 13.6. The third-order valence-corrected chi connectivity index (χ3v) is 4.24. The SMILES string of the molecule is CC1Nc2cc(F)ccc2N(Cc2ccc(C(C)C)cc2)C1=O. The van der Waals surface area contributed by atoms with Gasteiger partial charge in [0.25, 0.3) is 0 Å². The number of hydrogen-bond donors (Lipinski definition) is 1. The average molecular weight is 312 g/mol. The first-order valence-corrected chi connectivity index (χ1v) is 7.92. The van der Waals surface area contributed by atoms with E-state index in [-0.39, 0.29) is 17.8 Å². The first kappa shape index (κ1) is 15.5. The lowest BCUT2D eigenvalue weighted by Gasteiger charge is -2.34. The molecule has 1 N–H and O–H groups in total. The molecule has 23 heavy (non-hydrogen) atoms. The van der Waals surface area contributed by atoms with Gasteiger partial charge in [0.05, 0.1) is 17.9 Å². The molecule has 1 aliphatic heterocycles. The molecule has 3 nitrogen and oxygen atoms in total. The molecule has 1 heterocycles. The predicted octanol–water partition coefficient (Wildman–Crippen LogP) is 4.30. The van der Waals surface area contributed by atoms with E-state index in [1.807, 2.05) is 0 Å². The number of amides is 1. The predicted molar refractivity (Wildman–Crippen MR) is 91.2 cm³/mol. The number of carbonyl (C=O) groups is 1. The molecule has 2 aromatic rings. The van der Waals surface area contributed by atoms with Crippen LogP contribution in [0.25, 0.3) is 0 Å². The minimum Gasteiger partial charge on any atom is -0.372 e. The highest BCUT2D eigenvalue weighted by Crippen LogP contribution is 2.33. The molecule has 4 heteroatoms. The molecule has 1 amide bonds. The maximum absolute atomic E-state index is 13.4. The minimum atomic E-state index is -0.362. The summed E-state index contributed by atoms with van der Waals surface area (Å²) in [5.74, 6) is 0.171. The summed E-state index contributed by atoms with van der Waals surface area (Å²) in [6.07, 6.45) is 0. The number of halogens is 1. The molecule has 0 saturated heterocycles. The third-order valence-electron chi connectivity index (χ3n) is 4.24. The fraction of sp³-hybridized carbons (Fsp3) is 0.316. The van der Waals surface area contributed by atoms with Crippen LogP contribution in [-0.4, -0.2) is 11.9 Å². The van der Waals surface area contributed by atoms with Gasteiger partial charge in [0.15, 0.2) is 0 Å². The summed E-state index contributed by atoms with van der Waals surface area (Å²) in [4.78, 5) is 14.2. The summed E-state index contributed by atoms with van der Waals surface area (Å²) in [6, 6.07) is 12.4. The standard InChI is InChI=1S/C19H21FN2O/c1-12(2)15-6-4-14(5-7-15)11-22-18-9-8-16(20)10-17(18)21-13(3)19(22)23/h4-10,12-13,21H,11H2,1-3H3. The van der Waals surface area contributed by atoms with Gasteiger partial charge in [0.1, 0.15) is 11.9 Å². The van der Waals surface area contributed by atoms with Crippen molar-refractivity contribution in [3.05, 3.63) is 59.4 Å². The lowest BCUT2D eigenvalue weighted by atomic mass is 10.0. The minimum absolute atomic E-state index is 0.00274. The zero-order chi connectivity index (χ0) is 16.6. The van der Waals surface area contributed by atoms with Crippen LogP contribution in [0.15, 0.2) is 42.5 Å². The fourth-order valence-electron chi connectivity index (χ4n) is 2.86. The molecule has 0 bridgehead atoms. The van der Waals surface area contributed by atoms with E-state index in [2.05, 4.69) is 43.4 Å². The van der Waals surface area contributed by atoms with E-state index < -0.39 is 0 Å². The van der Waals surface area contributed by atoms with Crippen LogP contribution in [-0.2, 0) is 11.3 Å². The summed E-state index contributed by atoms with van der Waals surface area (Å²) in [7, 11) is 0. The van der Waals surface area contributed by atoms with Crippen molar-refractivity contribution in [1.29, 1.82) is 0 Å². The van der Waals surface area contributed by atoms with Crippen LogP contribution >= 0.6 is 0 Å². The molecule has 0 spiro atoms. The van der Waals surface area contributed by atoms with Crippen LogP contribution in [0.5, 0.6) is 0 Å². The largest absolute Gasteiger partial charge is 0.372 e. The van der Waals surface area contributed by atoms with E-state index in [0.29, 0.717) is 18.2 Å². The topological polar surface area (TPSA) is 32.3 Å². The van der Waals surface area contributed by atoms with E-state index in [1.165, 1.54) is 17.7 Å². The number of anilines is 2. The van der Waals surface area contributed by atoms with Gasteiger partial charge in [0.2, 0.25) is 5.91 Å². The number of hydrogen-bond acceptors (Lipinski definition) is 2. The number of rotatable bonds is 3. The van der Waals surface area contributed by atoms with Gasteiger partial charge < -0.3 is 10.2 Å². The number of nitrogens with zero attached hydrogens (tertiary/aromatic N) is 1. The van der Waals surface area contributed by atoms with E-state index >= 15 is 0 Å². The Bertz CT molecular complexity index is 725. The molecule has 1 atom stereocenters. The van der Waals surface area contributed by atoms with Gasteiger partial charge in [-0.15, -0.1) is 0 Å². The second-order valence-corrected chi connectivity index (χ2v) is 6.35. The number of benzene rings is 2. The Hall–Kier alpha value is -2.36. The zero-order valence-electron chi connectivity index (χ0n) is 13.6. The highest BCUT2D eigenvalue weighted by Gasteiger charge is 2.29. The van der Waals surface area contributed by atoms with Gasteiger partial charge in [-0.1, -0.05) is 38.1 Å². The van der Waals surface area contributed by atoms with Crippen molar-refractivity contribution in [2.24, 2.45) is 0 Å². The van der Waals surface area contributed by atoms with Crippen LogP contribution in [0.2, 0.25) is 0 Å². The van der Waals surface area contributed by atoms with Crippen molar-refractivity contribution >= 4 is 17.3 Å². The van der Waals surface area contributed by atoms with Crippen LogP contribution < -0.4 is 10.2 Å². The molecule has 0 aliphatic carbocycles. The second-order valence-electron chi connectivity index (χ2n) is 6.35. The summed E-state index contributed by atoms with van der Waals surface area (Å²) < 4.78 is 13.4. The molecule has 3 rings (SSSR count). The lowest BCUT2D eigenvalue weighted by Crippen LogP contribution is -2.45. The first-order chi connectivity index (χ1) is 11.0. The Labute approximate surface area is 136 Å². The Morgan fingerprint density at radius 3 is 2.52 bits per heavy atom. The Kier molecular flexibility index (Phi) is 4.07. The summed E-state index contributed by atoms with van der Waals surface area (Å²) in [5, 5.41) is 3.06. The van der Waals surface area contributed by atoms with Crippen molar-refractivity contribution in [3.8, 4) is 0 Å². The highest BCUT2D eigenvalue weighted by molar-refractivity contribution is 6.04. The summed E-state index contributed by atoms with van der Waals surface area (Å²) in [5.41, 5.74) is 3.72.